The molecule has 332 valence electrons. The summed E-state index contributed by atoms with van der Waals surface area (Å²) >= 11 is 0. The minimum absolute atomic E-state index is 0.512. The quantitative estimate of drug-likeness (QED) is 0.158. The molecule has 13 aromatic rings. The van der Waals surface area contributed by atoms with Crippen LogP contribution in [0.3, 0.4) is 0 Å². The molecule has 70 heavy (non-hydrogen) atoms. The smallest absolute Gasteiger partial charge is 0.160 e. The summed E-state index contributed by atoms with van der Waals surface area (Å²) in [5.41, 5.74) is 13.8. The Morgan fingerprint density at radius 3 is 1.36 bits per heavy atom. The molecule has 0 saturated heterocycles. The molecule has 14 rings (SSSR count). The summed E-state index contributed by atoms with van der Waals surface area (Å²) in [7, 11) is 0. The van der Waals surface area contributed by atoms with Gasteiger partial charge in [-0.3, -0.25) is 0 Å². The number of hydrogen-bond acceptors (Lipinski definition) is 2. The van der Waals surface area contributed by atoms with Crippen LogP contribution < -0.4 is 4.90 Å². The third-order valence-electron chi connectivity index (χ3n) is 15.3. The Balaban J connectivity index is 0.896. The number of nitrogens with zero attached hydrogens (tertiary/aromatic N) is 1. The molecule has 1 aliphatic carbocycles. The van der Waals surface area contributed by atoms with Gasteiger partial charge >= 0.3 is 0 Å². The van der Waals surface area contributed by atoms with Gasteiger partial charge in [0.25, 0.3) is 0 Å². The van der Waals surface area contributed by atoms with Crippen molar-refractivity contribution in [3.63, 3.8) is 0 Å². The first-order valence-electron chi connectivity index (χ1n) is 25.0. The summed E-state index contributed by atoms with van der Waals surface area (Å²) in [5.74, 6) is 0.512. The molecule has 0 unspecified atom stereocenters. The van der Waals surface area contributed by atoms with Gasteiger partial charge in [0.05, 0.1) is 5.69 Å². The minimum atomic E-state index is 0.512. The maximum Gasteiger partial charge on any atom is 0.160 e. The molecule has 0 N–H and O–H groups in total. The van der Waals surface area contributed by atoms with Gasteiger partial charge in [0.15, 0.2) is 5.58 Å². The normalized spacial score (nSPS) is 13.4. The van der Waals surface area contributed by atoms with E-state index in [1.54, 1.807) is 0 Å². The van der Waals surface area contributed by atoms with Crippen LogP contribution in [-0.4, -0.2) is 0 Å². The van der Waals surface area contributed by atoms with Crippen molar-refractivity contribution in [1.82, 2.24) is 0 Å². The van der Waals surface area contributed by atoms with E-state index in [9.17, 15) is 0 Å². The van der Waals surface area contributed by atoms with E-state index in [0.717, 1.165) is 28.2 Å². The second-order valence-corrected chi connectivity index (χ2v) is 19.5. The highest BCUT2D eigenvalue weighted by Gasteiger charge is 2.26. The molecule has 1 aromatic heterocycles. The maximum absolute atomic E-state index is 7.33. The number of para-hydroxylation sites is 1. The van der Waals surface area contributed by atoms with Gasteiger partial charge in [-0.25, -0.2) is 0 Å². The second kappa shape index (κ2) is 16.6. The van der Waals surface area contributed by atoms with Crippen LogP contribution in [0.25, 0.3) is 109 Å². The lowest BCUT2D eigenvalue weighted by Crippen LogP contribution is -2.10. The molecule has 1 fully saturated rings. The molecule has 0 bridgehead atoms. The molecule has 12 aromatic carbocycles. The zero-order valence-electron chi connectivity index (χ0n) is 38.9. The first kappa shape index (κ1) is 40.6. The molecule has 0 radical (unpaired) electrons. The molecule has 2 heteroatoms. The molecule has 0 spiro atoms. The van der Waals surface area contributed by atoms with Gasteiger partial charge in [-0.05, 0) is 172 Å². The van der Waals surface area contributed by atoms with Crippen molar-refractivity contribution in [2.75, 3.05) is 4.90 Å². The number of anilines is 3. The van der Waals surface area contributed by atoms with Crippen LogP contribution in [0, 0.1) is 0 Å². The van der Waals surface area contributed by atoms with Crippen LogP contribution in [-0.2, 0) is 0 Å². The Labute approximate surface area is 407 Å². The van der Waals surface area contributed by atoms with Crippen LogP contribution in [0.4, 0.5) is 17.1 Å². The fourth-order valence-electron chi connectivity index (χ4n) is 11.7. The standard InChI is InChI=1S/C68H49NO/c1-2-13-47(14-3-1)63-19-10-20-64-66-62-18-9-8-17-59(62)43-65(68(66)70-67(63)64)69(61-36-33-57-41-56(29-30-58(57)42-61)52-24-22-45-12-5-7-16-49(45)38-52)60-34-31-46(32-35-60)50-25-26-54-40-55(28-27-53(54)39-50)51-23-21-44-11-4-6-15-48(44)37-51/h4-12,15-43,47H,1-3,13-14H2. The van der Waals surface area contributed by atoms with Crippen molar-refractivity contribution in [2.45, 2.75) is 38.0 Å². The number of hydrogen-bond donors (Lipinski definition) is 0. The average Bonchev–Trinajstić information content (AvgIpc) is 3.84. The number of benzene rings is 12. The van der Waals surface area contributed by atoms with Crippen molar-refractivity contribution in [3.8, 4) is 33.4 Å². The van der Waals surface area contributed by atoms with E-state index in [4.69, 9.17) is 4.42 Å². The van der Waals surface area contributed by atoms with E-state index < -0.39 is 0 Å². The second-order valence-electron chi connectivity index (χ2n) is 19.5. The SMILES string of the molecule is c1ccc2cc(-c3ccc4cc(-c5ccc(N(c6ccc7cc(-c8ccc9ccccc9c8)ccc7c6)c6cc7ccccc7c7c6oc6c(C8CCCCC8)cccc67)cc5)ccc4c3)ccc2c1. The summed E-state index contributed by atoms with van der Waals surface area (Å²) in [5, 5.41) is 14.7. The van der Waals surface area contributed by atoms with E-state index >= 15 is 0 Å². The zero-order chi connectivity index (χ0) is 46.1. The molecule has 0 aliphatic heterocycles. The molecule has 1 saturated carbocycles. The van der Waals surface area contributed by atoms with E-state index in [-0.39, 0.29) is 0 Å². The molecule has 2 nitrogen and oxygen atoms in total. The van der Waals surface area contributed by atoms with Crippen molar-refractivity contribution < 1.29 is 4.42 Å². The molecule has 1 aliphatic rings. The predicted octanol–water partition coefficient (Wildman–Crippen LogP) is 19.9. The van der Waals surface area contributed by atoms with Crippen molar-refractivity contribution in [2.24, 2.45) is 0 Å². The fraction of sp³-hybridized carbons (Fsp3) is 0.0882. The zero-order valence-corrected chi connectivity index (χ0v) is 38.9. The Morgan fingerprint density at radius 1 is 0.314 bits per heavy atom. The Bertz CT molecular complexity index is 4170. The van der Waals surface area contributed by atoms with Crippen LogP contribution in [0.15, 0.2) is 235 Å². The highest BCUT2D eigenvalue weighted by molar-refractivity contribution is 6.23. The monoisotopic (exact) mass is 895 g/mol. The van der Waals surface area contributed by atoms with Crippen LogP contribution in [0.5, 0.6) is 0 Å². The van der Waals surface area contributed by atoms with Crippen molar-refractivity contribution >= 4 is 92.9 Å². The van der Waals surface area contributed by atoms with Gasteiger partial charge in [-0.15, -0.1) is 0 Å². The van der Waals surface area contributed by atoms with Gasteiger partial charge in [0, 0.05) is 22.1 Å². The molecular formula is C68H49NO. The lowest BCUT2D eigenvalue weighted by Gasteiger charge is -2.27. The van der Waals surface area contributed by atoms with Crippen LogP contribution >= 0.6 is 0 Å². The third kappa shape index (κ3) is 7.02. The average molecular weight is 896 g/mol. The number of rotatable bonds is 7. The highest BCUT2D eigenvalue weighted by Crippen LogP contribution is 2.48. The summed E-state index contributed by atoms with van der Waals surface area (Å²) in [4.78, 5) is 2.42. The number of fused-ring (bicyclic) bond motifs is 9. The first-order chi connectivity index (χ1) is 34.6. The first-order valence-corrected chi connectivity index (χ1v) is 25.0. The molecule has 0 amide bonds. The van der Waals surface area contributed by atoms with Crippen molar-refractivity contribution in [1.29, 1.82) is 0 Å². The van der Waals surface area contributed by atoms with Crippen LogP contribution in [0.1, 0.15) is 43.6 Å². The van der Waals surface area contributed by atoms with Gasteiger partial charge in [0.2, 0.25) is 0 Å². The summed E-state index contributed by atoms with van der Waals surface area (Å²) in [6.07, 6.45) is 6.30. The Morgan fingerprint density at radius 2 is 0.757 bits per heavy atom. The lowest BCUT2D eigenvalue weighted by atomic mass is 9.83. The van der Waals surface area contributed by atoms with E-state index in [1.165, 1.54) is 136 Å². The van der Waals surface area contributed by atoms with Crippen LogP contribution in [0.2, 0.25) is 0 Å². The lowest BCUT2D eigenvalue weighted by molar-refractivity contribution is 0.442. The highest BCUT2D eigenvalue weighted by atomic mass is 16.3. The topological polar surface area (TPSA) is 16.4 Å². The minimum Gasteiger partial charge on any atom is -0.454 e. The van der Waals surface area contributed by atoms with E-state index in [2.05, 4.69) is 235 Å². The van der Waals surface area contributed by atoms with Gasteiger partial charge in [0.1, 0.15) is 5.58 Å². The van der Waals surface area contributed by atoms with Gasteiger partial charge in [-0.2, -0.15) is 0 Å². The third-order valence-corrected chi connectivity index (χ3v) is 15.3. The van der Waals surface area contributed by atoms with Gasteiger partial charge in [-0.1, -0.05) is 189 Å². The number of furan rings is 1. The molecule has 1 heterocycles. The molecular weight excluding hydrogens is 847 g/mol. The van der Waals surface area contributed by atoms with Crippen molar-refractivity contribution in [3.05, 3.63) is 236 Å². The fourth-order valence-corrected chi connectivity index (χ4v) is 11.7. The van der Waals surface area contributed by atoms with E-state index in [1.807, 2.05) is 0 Å². The predicted molar refractivity (Wildman–Crippen MR) is 298 cm³/mol. The van der Waals surface area contributed by atoms with Gasteiger partial charge < -0.3 is 9.32 Å². The maximum atomic E-state index is 7.33. The van der Waals surface area contributed by atoms with E-state index in [0.29, 0.717) is 5.92 Å². The largest absolute Gasteiger partial charge is 0.454 e. The summed E-state index contributed by atoms with van der Waals surface area (Å²) in [6.45, 7) is 0. The summed E-state index contributed by atoms with van der Waals surface area (Å²) < 4.78 is 7.33. The molecule has 0 atom stereocenters. The summed E-state index contributed by atoms with van der Waals surface area (Å²) in [6, 6.07) is 85.3. The Hall–Kier alpha value is -8.46. The Kier molecular flexibility index (Phi) is 9.65.